The number of sulfonamides is 1. The molecule has 0 aromatic heterocycles. The highest BCUT2D eigenvalue weighted by Crippen LogP contribution is 2.35. The second kappa shape index (κ2) is 8.38. The molecule has 172 valence electrons. The summed E-state index contributed by atoms with van der Waals surface area (Å²) in [6, 6.07) is 1.81. The van der Waals surface area contributed by atoms with Crippen LogP contribution < -0.4 is 5.32 Å². The zero-order chi connectivity index (χ0) is 22.4. The van der Waals surface area contributed by atoms with Crippen molar-refractivity contribution >= 4 is 15.9 Å². The number of benzene rings is 1. The van der Waals surface area contributed by atoms with E-state index in [0.29, 0.717) is 32.5 Å². The minimum Gasteiger partial charge on any atom is -0.381 e. The van der Waals surface area contributed by atoms with E-state index >= 15 is 8.78 Å². The molecule has 1 amide bonds. The van der Waals surface area contributed by atoms with Gasteiger partial charge in [-0.2, -0.15) is 4.31 Å². The van der Waals surface area contributed by atoms with Gasteiger partial charge in [-0.25, -0.2) is 17.2 Å². The van der Waals surface area contributed by atoms with Gasteiger partial charge in [0, 0.05) is 30.3 Å². The first-order valence-corrected chi connectivity index (χ1v) is 12.1. The van der Waals surface area contributed by atoms with Gasteiger partial charge in [-0.1, -0.05) is 0 Å². The van der Waals surface area contributed by atoms with Gasteiger partial charge in [-0.3, -0.25) is 4.79 Å². The van der Waals surface area contributed by atoms with Gasteiger partial charge >= 0.3 is 0 Å². The van der Waals surface area contributed by atoms with Crippen LogP contribution in [0.3, 0.4) is 0 Å². The summed E-state index contributed by atoms with van der Waals surface area (Å²) >= 11 is 0. The summed E-state index contributed by atoms with van der Waals surface area (Å²) in [5, 5.41) is 2.27. The maximum atomic E-state index is 15.1. The number of hydrogen-bond donors (Lipinski definition) is 1. The molecule has 0 bridgehead atoms. The standard InChI is InChI=1S/C21H28F2N2O5S/c1-13-3-4-14(2)31(27,28)25(13)9-16-7-19(23)17(8-18(16)22)21(11-30-12-21)24-20(26)15-5-6-29-10-15/h7-8,13-15H,3-6,9-12H2,1-2H3,(H,24,26)/t13-,14-,15?/m1/s1. The van der Waals surface area contributed by atoms with Gasteiger partial charge in [-0.15, -0.1) is 0 Å². The van der Waals surface area contributed by atoms with Crippen molar-refractivity contribution in [2.75, 3.05) is 26.4 Å². The van der Waals surface area contributed by atoms with Crippen LogP contribution in [-0.2, 0) is 36.4 Å². The summed E-state index contributed by atoms with van der Waals surface area (Å²) in [6.07, 6.45) is 1.80. The second-order valence-electron chi connectivity index (χ2n) is 8.88. The smallest absolute Gasteiger partial charge is 0.226 e. The Morgan fingerprint density at radius 1 is 1.16 bits per heavy atom. The summed E-state index contributed by atoms with van der Waals surface area (Å²) < 4.78 is 67.3. The third kappa shape index (κ3) is 4.10. The molecule has 0 aliphatic carbocycles. The molecule has 1 N–H and O–H groups in total. The Bertz CT molecular complexity index is 961. The van der Waals surface area contributed by atoms with E-state index in [9.17, 15) is 13.2 Å². The van der Waals surface area contributed by atoms with Crippen LogP contribution in [0.5, 0.6) is 0 Å². The number of rotatable bonds is 5. The topological polar surface area (TPSA) is 84.9 Å². The van der Waals surface area contributed by atoms with Gasteiger partial charge in [0.2, 0.25) is 15.9 Å². The lowest BCUT2D eigenvalue weighted by Crippen LogP contribution is -2.61. The van der Waals surface area contributed by atoms with Crippen molar-refractivity contribution in [2.24, 2.45) is 5.92 Å². The number of nitrogens with zero attached hydrogens (tertiary/aromatic N) is 1. The number of carbonyl (C=O) groups excluding carboxylic acids is 1. The molecule has 31 heavy (non-hydrogen) atoms. The number of halogens is 2. The number of hydrogen-bond acceptors (Lipinski definition) is 5. The third-order valence-corrected chi connectivity index (χ3v) is 9.05. The molecule has 0 spiro atoms. The number of nitrogens with one attached hydrogen (secondary N) is 1. The molecule has 3 heterocycles. The summed E-state index contributed by atoms with van der Waals surface area (Å²) in [6.45, 7) is 4.05. The fourth-order valence-electron chi connectivity index (χ4n) is 4.42. The van der Waals surface area contributed by atoms with Gasteiger partial charge in [0.05, 0.1) is 31.0 Å². The summed E-state index contributed by atoms with van der Waals surface area (Å²) in [7, 11) is -3.58. The highest BCUT2D eigenvalue weighted by molar-refractivity contribution is 7.89. The zero-order valence-electron chi connectivity index (χ0n) is 17.7. The zero-order valence-corrected chi connectivity index (χ0v) is 18.5. The highest BCUT2D eigenvalue weighted by Gasteiger charge is 2.46. The Morgan fingerprint density at radius 3 is 2.52 bits per heavy atom. The van der Waals surface area contributed by atoms with E-state index in [2.05, 4.69) is 5.32 Å². The lowest BCUT2D eigenvalue weighted by Gasteiger charge is -2.43. The van der Waals surface area contributed by atoms with Crippen molar-refractivity contribution in [1.29, 1.82) is 0 Å². The number of ether oxygens (including phenoxy) is 2. The van der Waals surface area contributed by atoms with Gasteiger partial charge in [0.15, 0.2) is 0 Å². The molecule has 10 heteroatoms. The predicted molar refractivity (Wildman–Crippen MR) is 109 cm³/mol. The molecule has 3 atom stereocenters. The normalized spacial score (nSPS) is 30.0. The van der Waals surface area contributed by atoms with Gasteiger partial charge in [0.25, 0.3) is 0 Å². The van der Waals surface area contributed by atoms with Crippen molar-refractivity contribution in [1.82, 2.24) is 9.62 Å². The van der Waals surface area contributed by atoms with E-state index < -0.39 is 32.4 Å². The van der Waals surface area contributed by atoms with E-state index in [1.54, 1.807) is 13.8 Å². The van der Waals surface area contributed by atoms with Crippen LogP contribution in [0.25, 0.3) is 0 Å². The average Bonchev–Trinajstić information content (AvgIpc) is 3.22. The van der Waals surface area contributed by atoms with Crippen molar-refractivity contribution in [3.8, 4) is 0 Å². The molecule has 0 radical (unpaired) electrons. The van der Waals surface area contributed by atoms with Crippen LogP contribution in [0.4, 0.5) is 8.78 Å². The largest absolute Gasteiger partial charge is 0.381 e. The molecule has 1 aromatic rings. The quantitative estimate of drug-likeness (QED) is 0.730. The molecule has 1 unspecified atom stereocenters. The highest BCUT2D eigenvalue weighted by atomic mass is 32.2. The average molecular weight is 459 g/mol. The lowest BCUT2D eigenvalue weighted by molar-refractivity contribution is -0.138. The fraction of sp³-hybridized carbons (Fsp3) is 0.667. The van der Waals surface area contributed by atoms with Crippen molar-refractivity contribution in [3.63, 3.8) is 0 Å². The maximum absolute atomic E-state index is 15.1. The summed E-state index contributed by atoms with van der Waals surface area (Å²) in [5.41, 5.74) is -1.16. The van der Waals surface area contributed by atoms with Crippen molar-refractivity contribution in [3.05, 3.63) is 34.9 Å². The van der Waals surface area contributed by atoms with Crippen LogP contribution >= 0.6 is 0 Å². The van der Waals surface area contributed by atoms with Gasteiger partial charge < -0.3 is 14.8 Å². The van der Waals surface area contributed by atoms with E-state index in [1.165, 1.54) is 4.31 Å². The number of amides is 1. The molecule has 3 aliphatic rings. The van der Waals surface area contributed by atoms with E-state index in [0.717, 1.165) is 12.1 Å². The Morgan fingerprint density at radius 2 is 1.90 bits per heavy atom. The molecule has 1 aromatic carbocycles. The second-order valence-corrected chi connectivity index (χ2v) is 11.2. The maximum Gasteiger partial charge on any atom is 0.226 e. The van der Waals surface area contributed by atoms with Crippen LogP contribution in [0.1, 0.15) is 44.2 Å². The Hall–Kier alpha value is -1.62. The molecule has 3 fully saturated rings. The van der Waals surface area contributed by atoms with Crippen LogP contribution in [-0.4, -0.2) is 56.3 Å². The van der Waals surface area contributed by atoms with Crippen molar-refractivity contribution < 1.29 is 31.5 Å². The summed E-state index contributed by atoms with van der Waals surface area (Å²) in [5.74, 6) is -2.00. The van der Waals surface area contributed by atoms with E-state index in [1.807, 2.05) is 0 Å². The molecule has 7 nitrogen and oxygen atoms in total. The van der Waals surface area contributed by atoms with Crippen LogP contribution in [0, 0.1) is 17.6 Å². The third-order valence-electron chi connectivity index (χ3n) is 6.66. The van der Waals surface area contributed by atoms with Gasteiger partial charge in [-0.05, 0) is 45.2 Å². The molecule has 4 rings (SSSR count). The minimum atomic E-state index is -3.58. The lowest BCUT2D eigenvalue weighted by atomic mass is 9.86. The number of carbonyl (C=O) groups is 1. The predicted octanol–water partition coefficient (Wildman–Crippen LogP) is 2.05. The summed E-state index contributed by atoms with van der Waals surface area (Å²) in [4.78, 5) is 12.6. The minimum absolute atomic E-state index is 0.00943. The van der Waals surface area contributed by atoms with Crippen LogP contribution in [0.15, 0.2) is 12.1 Å². The molecular formula is C21H28F2N2O5S. The fourth-order valence-corrected chi connectivity index (χ4v) is 6.24. The molecular weight excluding hydrogens is 430 g/mol. The molecule has 0 saturated carbocycles. The first-order valence-electron chi connectivity index (χ1n) is 10.6. The molecule has 3 aliphatic heterocycles. The first-order chi connectivity index (χ1) is 14.6. The Balaban J connectivity index is 1.59. The molecule has 3 saturated heterocycles. The van der Waals surface area contributed by atoms with E-state index in [4.69, 9.17) is 9.47 Å². The van der Waals surface area contributed by atoms with Crippen molar-refractivity contribution in [2.45, 2.75) is 56.5 Å². The first kappa shape index (κ1) is 22.6. The Kier molecular flexibility index (Phi) is 6.10. The monoisotopic (exact) mass is 458 g/mol. The SMILES string of the molecule is C[C@@H]1CC[C@@H](C)S(=O)(=O)N1Cc1cc(F)c(C2(NC(=O)C3CCOC3)COC2)cc1F. The van der Waals surface area contributed by atoms with E-state index in [-0.39, 0.29) is 48.8 Å². The van der Waals surface area contributed by atoms with Gasteiger partial charge in [0.1, 0.15) is 17.2 Å². The van der Waals surface area contributed by atoms with Crippen LogP contribution in [0.2, 0.25) is 0 Å². The Labute approximate surface area is 181 Å².